The molecule has 0 N–H and O–H groups in total. The first kappa shape index (κ1) is 21.9. The Balaban J connectivity index is 1.74. The van der Waals surface area contributed by atoms with Gasteiger partial charge in [0.15, 0.2) is 0 Å². The second-order valence-corrected chi connectivity index (χ2v) is 8.33. The number of para-hydroxylation sites is 1. The van der Waals surface area contributed by atoms with Gasteiger partial charge in [-0.2, -0.15) is 4.31 Å². The maximum atomic E-state index is 12.9. The van der Waals surface area contributed by atoms with Crippen LogP contribution < -0.4 is 9.47 Å². The number of hydrogen-bond donors (Lipinski definition) is 0. The van der Waals surface area contributed by atoms with Crippen molar-refractivity contribution in [3.63, 3.8) is 0 Å². The molecule has 1 fully saturated rings. The molecule has 0 aromatic heterocycles. The summed E-state index contributed by atoms with van der Waals surface area (Å²) in [4.78, 5) is 13.6. The van der Waals surface area contributed by atoms with Crippen molar-refractivity contribution in [3.8, 4) is 11.5 Å². The largest absolute Gasteiger partial charge is 0.573 e. The molecule has 2 aromatic rings. The number of hydrogen-bond acceptors (Lipinski definition) is 5. The van der Waals surface area contributed by atoms with Gasteiger partial charge in [-0.3, -0.25) is 4.79 Å². The van der Waals surface area contributed by atoms with E-state index in [9.17, 15) is 26.4 Å². The predicted molar refractivity (Wildman–Crippen MR) is 101 cm³/mol. The Morgan fingerprint density at radius 3 is 2.30 bits per heavy atom. The van der Waals surface area contributed by atoms with Crippen LogP contribution in [-0.2, 0) is 10.0 Å². The molecule has 30 heavy (non-hydrogen) atoms. The van der Waals surface area contributed by atoms with Crippen molar-refractivity contribution < 1.29 is 35.9 Å². The molecular weight excluding hydrogens is 425 g/mol. The number of benzene rings is 2. The van der Waals surface area contributed by atoms with Gasteiger partial charge in [-0.05, 0) is 30.3 Å². The Kier molecular flexibility index (Phi) is 6.22. The van der Waals surface area contributed by atoms with Crippen LogP contribution in [0.5, 0.6) is 11.5 Å². The van der Waals surface area contributed by atoms with Crippen LogP contribution >= 0.6 is 0 Å². The van der Waals surface area contributed by atoms with E-state index in [1.165, 1.54) is 24.1 Å². The quantitative estimate of drug-likeness (QED) is 0.709. The van der Waals surface area contributed by atoms with E-state index in [0.29, 0.717) is 11.3 Å². The molecule has 0 spiro atoms. The summed E-state index contributed by atoms with van der Waals surface area (Å²) < 4.78 is 73.6. The SMILES string of the molecule is COc1cccc(C(=O)N2CCN(S(=O)(=O)c3ccccc3OC(F)(F)F)CC2)c1. The second kappa shape index (κ2) is 8.52. The molecule has 162 valence electrons. The Labute approximate surface area is 171 Å². The van der Waals surface area contributed by atoms with Gasteiger partial charge in [-0.25, -0.2) is 8.42 Å². The number of carbonyl (C=O) groups is 1. The van der Waals surface area contributed by atoms with Gasteiger partial charge in [0.1, 0.15) is 16.4 Å². The van der Waals surface area contributed by atoms with E-state index in [2.05, 4.69) is 4.74 Å². The number of rotatable bonds is 5. The molecular formula is C19H19F3N2O5S. The van der Waals surface area contributed by atoms with Crippen molar-refractivity contribution >= 4 is 15.9 Å². The summed E-state index contributed by atoms with van der Waals surface area (Å²) in [5, 5.41) is 0. The van der Waals surface area contributed by atoms with Crippen molar-refractivity contribution in [3.05, 3.63) is 54.1 Å². The van der Waals surface area contributed by atoms with Gasteiger partial charge >= 0.3 is 6.36 Å². The Morgan fingerprint density at radius 2 is 1.67 bits per heavy atom. The van der Waals surface area contributed by atoms with Gasteiger partial charge in [-0.15, -0.1) is 13.2 Å². The third kappa shape index (κ3) is 4.85. The summed E-state index contributed by atoms with van der Waals surface area (Å²) in [6, 6.07) is 11.2. The van der Waals surface area contributed by atoms with Crippen LogP contribution in [0, 0.1) is 0 Å². The molecule has 11 heteroatoms. The molecule has 0 atom stereocenters. The first-order valence-corrected chi connectivity index (χ1v) is 10.3. The molecule has 0 saturated carbocycles. The number of carbonyl (C=O) groups excluding carboxylic acids is 1. The van der Waals surface area contributed by atoms with Crippen molar-refractivity contribution in [1.82, 2.24) is 9.21 Å². The monoisotopic (exact) mass is 444 g/mol. The van der Waals surface area contributed by atoms with E-state index in [1.807, 2.05) is 0 Å². The Morgan fingerprint density at radius 1 is 1.00 bits per heavy atom. The summed E-state index contributed by atoms with van der Waals surface area (Å²) in [6.45, 7) is 0.0753. The van der Waals surface area contributed by atoms with Crippen molar-refractivity contribution in [2.75, 3.05) is 33.3 Å². The van der Waals surface area contributed by atoms with E-state index in [1.54, 1.807) is 24.3 Å². The molecule has 7 nitrogen and oxygen atoms in total. The minimum atomic E-state index is -5.02. The van der Waals surface area contributed by atoms with Crippen LogP contribution in [0.15, 0.2) is 53.4 Å². The zero-order chi connectivity index (χ0) is 21.9. The number of piperazine rings is 1. The minimum Gasteiger partial charge on any atom is -0.497 e. The molecule has 1 saturated heterocycles. The van der Waals surface area contributed by atoms with E-state index < -0.39 is 27.0 Å². The fourth-order valence-corrected chi connectivity index (χ4v) is 4.62. The van der Waals surface area contributed by atoms with Crippen LogP contribution in [0.1, 0.15) is 10.4 Å². The average molecular weight is 444 g/mol. The number of halogens is 3. The number of nitrogens with zero attached hydrogens (tertiary/aromatic N) is 2. The molecule has 3 rings (SSSR count). The molecule has 1 heterocycles. The first-order valence-electron chi connectivity index (χ1n) is 8.90. The highest BCUT2D eigenvalue weighted by atomic mass is 32.2. The van der Waals surface area contributed by atoms with Crippen LogP contribution in [0.2, 0.25) is 0 Å². The van der Waals surface area contributed by atoms with E-state index in [4.69, 9.17) is 4.74 Å². The van der Waals surface area contributed by atoms with Gasteiger partial charge in [-0.1, -0.05) is 18.2 Å². The number of amides is 1. The van der Waals surface area contributed by atoms with Crippen LogP contribution in [0.3, 0.4) is 0 Å². The average Bonchev–Trinajstić information content (AvgIpc) is 2.72. The molecule has 1 aliphatic heterocycles. The summed E-state index contributed by atoms with van der Waals surface area (Å²) in [5.74, 6) is -0.560. The van der Waals surface area contributed by atoms with Gasteiger partial charge in [0.2, 0.25) is 10.0 Å². The van der Waals surface area contributed by atoms with E-state index in [-0.39, 0.29) is 32.1 Å². The maximum absolute atomic E-state index is 12.9. The molecule has 0 bridgehead atoms. The molecule has 0 aliphatic carbocycles. The lowest BCUT2D eigenvalue weighted by Gasteiger charge is -2.34. The van der Waals surface area contributed by atoms with Crippen LogP contribution in [0.4, 0.5) is 13.2 Å². The number of sulfonamides is 1. The van der Waals surface area contributed by atoms with Crippen LogP contribution in [0.25, 0.3) is 0 Å². The maximum Gasteiger partial charge on any atom is 0.573 e. The smallest absolute Gasteiger partial charge is 0.497 e. The van der Waals surface area contributed by atoms with Crippen LogP contribution in [-0.4, -0.2) is 63.2 Å². The summed E-state index contributed by atoms with van der Waals surface area (Å²) in [5.41, 5.74) is 0.398. The summed E-state index contributed by atoms with van der Waals surface area (Å²) in [6.07, 6.45) is -5.02. The van der Waals surface area contributed by atoms with E-state index in [0.717, 1.165) is 16.4 Å². The van der Waals surface area contributed by atoms with Gasteiger partial charge in [0, 0.05) is 31.7 Å². The third-order valence-corrected chi connectivity index (χ3v) is 6.47. The fourth-order valence-electron chi connectivity index (χ4n) is 3.08. The molecule has 0 radical (unpaired) electrons. The Hall–Kier alpha value is -2.79. The number of alkyl halides is 3. The number of ether oxygens (including phenoxy) is 2. The van der Waals surface area contributed by atoms with Crippen molar-refractivity contribution in [2.45, 2.75) is 11.3 Å². The molecule has 2 aromatic carbocycles. The summed E-state index contributed by atoms with van der Waals surface area (Å²) in [7, 11) is -2.76. The third-order valence-electron chi connectivity index (χ3n) is 4.54. The summed E-state index contributed by atoms with van der Waals surface area (Å²) >= 11 is 0. The molecule has 0 unspecified atom stereocenters. The Bertz CT molecular complexity index is 1020. The highest BCUT2D eigenvalue weighted by Gasteiger charge is 2.36. The first-order chi connectivity index (χ1) is 14.1. The molecule has 1 amide bonds. The zero-order valence-electron chi connectivity index (χ0n) is 15.9. The fraction of sp³-hybridized carbons (Fsp3) is 0.316. The topological polar surface area (TPSA) is 76.2 Å². The van der Waals surface area contributed by atoms with Crippen molar-refractivity contribution in [1.29, 1.82) is 0 Å². The van der Waals surface area contributed by atoms with Gasteiger partial charge < -0.3 is 14.4 Å². The lowest BCUT2D eigenvalue weighted by molar-refractivity contribution is -0.275. The predicted octanol–water partition coefficient (Wildman–Crippen LogP) is 2.74. The second-order valence-electron chi connectivity index (χ2n) is 6.42. The lowest BCUT2D eigenvalue weighted by atomic mass is 10.1. The lowest BCUT2D eigenvalue weighted by Crippen LogP contribution is -2.50. The highest BCUT2D eigenvalue weighted by molar-refractivity contribution is 7.89. The minimum absolute atomic E-state index is 0.0571. The van der Waals surface area contributed by atoms with Crippen molar-refractivity contribution in [2.24, 2.45) is 0 Å². The van der Waals surface area contributed by atoms with Gasteiger partial charge in [0.05, 0.1) is 7.11 Å². The van der Waals surface area contributed by atoms with E-state index >= 15 is 0 Å². The van der Waals surface area contributed by atoms with Gasteiger partial charge in [0.25, 0.3) is 5.91 Å². The standard InChI is InChI=1S/C19H19F3N2O5S/c1-28-15-6-4-5-14(13-15)18(25)23-9-11-24(12-10-23)30(26,27)17-8-3-2-7-16(17)29-19(20,21)22/h2-8,13H,9-12H2,1H3. The normalized spacial score (nSPS) is 15.7. The number of methoxy groups -OCH3 is 1. The zero-order valence-corrected chi connectivity index (χ0v) is 16.7. The molecule has 1 aliphatic rings. The highest BCUT2D eigenvalue weighted by Crippen LogP contribution is 2.31.